The fourth-order valence-electron chi connectivity index (χ4n) is 3.43. The summed E-state index contributed by atoms with van der Waals surface area (Å²) < 4.78 is 5.15. The Hall–Kier alpha value is -2.17. The highest BCUT2D eigenvalue weighted by molar-refractivity contribution is 5.96. The molecule has 3 rings (SSSR count). The van der Waals surface area contributed by atoms with E-state index in [-0.39, 0.29) is 5.91 Å². The van der Waals surface area contributed by atoms with Gasteiger partial charge < -0.3 is 9.42 Å². The van der Waals surface area contributed by atoms with Gasteiger partial charge in [0, 0.05) is 24.5 Å². The number of carbonyl (C=O) groups excluding carboxylic acids is 1. The molecule has 2 aromatic heterocycles. The number of hydrogen-bond acceptors (Lipinski definition) is 4. The lowest BCUT2D eigenvalue weighted by molar-refractivity contribution is 0.0728. The van der Waals surface area contributed by atoms with Crippen molar-refractivity contribution < 1.29 is 9.32 Å². The molecule has 122 valence electrons. The summed E-state index contributed by atoms with van der Waals surface area (Å²) in [5, 5.41) is 3.91. The highest BCUT2D eigenvalue weighted by Crippen LogP contribution is 2.26. The van der Waals surface area contributed by atoms with E-state index >= 15 is 0 Å². The highest BCUT2D eigenvalue weighted by Gasteiger charge is 2.32. The molecule has 0 radical (unpaired) electrons. The second-order valence-electron chi connectivity index (χ2n) is 6.34. The van der Waals surface area contributed by atoms with Gasteiger partial charge in [0.25, 0.3) is 5.91 Å². The van der Waals surface area contributed by atoms with E-state index < -0.39 is 0 Å². The van der Waals surface area contributed by atoms with Crippen LogP contribution in [0.15, 0.2) is 22.9 Å². The highest BCUT2D eigenvalue weighted by atomic mass is 16.5. The summed E-state index contributed by atoms with van der Waals surface area (Å²) in [7, 11) is 0. The SMILES string of the molecule is Cc1cc(CC[C@@H]2CCCN2C(=O)c2c(C)noc2C)ccn1. The maximum Gasteiger partial charge on any atom is 0.259 e. The summed E-state index contributed by atoms with van der Waals surface area (Å²) in [5.74, 6) is 0.678. The summed E-state index contributed by atoms with van der Waals surface area (Å²) in [5.41, 5.74) is 3.64. The van der Waals surface area contributed by atoms with Gasteiger partial charge in [0.2, 0.25) is 0 Å². The molecule has 0 aromatic carbocycles. The monoisotopic (exact) mass is 313 g/mol. The van der Waals surface area contributed by atoms with Gasteiger partial charge in [-0.05, 0) is 64.2 Å². The standard InChI is InChI=1S/C18H23N3O2/c1-12-11-15(8-9-19-12)6-7-16-5-4-10-21(16)18(22)17-13(2)20-23-14(17)3/h8-9,11,16H,4-7,10H2,1-3H3/t16-/m0/s1. The molecule has 3 heterocycles. The van der Waals surface area contributed by atoms with E-state index in [0.717, 1.165) is 37.9 Å². The van der Waals surface area contributed by atoms with Crippen LogP contribution in [0.25, 0.3) is 0 Å². The molecule has 5 heteroatoms. The van der Waals surface area contributed by atoms with Gasteiger partial charge in [0.1, 0.15) is 11.3 Å². The molecule has 5 nitrogen and oxygen atoms in total. The van der Waals surface area contributed by atoms with Gasteiger partial charge in [-0.25, -0.2) is 0 Å². The van der Waals surface area contributed by atoms with Gasteiger partial charge in [-0.15, -0.1) is 0 Å². The summed E-state index contributed by atoms with van der Waals surface area (Å²) in [6, 6.07) is 4.47. The van der Waals surface area contributed by atoms with Crippen LogP contribution in [-0.2, 0) is 6.42 Å². The number of nitrogens with zero attached hydrogens (tertiary/aromatic N) is 3. The molecule has 0 aliphatic carbocycles. The first-order valence-corrected chi connectivity index (χ1v) is 8.21. The third-order valence-corrected chi connectivity index (χ3v) is 4.61. The topological polar surface area (TPSA) is 59.2 Å². The minimum Gasteiger partial charge on any atom is -0.361 e. The quantitative estimate of drug-likeness (QED) is 0.869. The van der Waals surface area contributed by atoms with Gasteiger partial charge in [-0.3, -0.25) is 9.78 Å². The van der Waals surface area contributed by atoms with Crippen molar-refractivity contribution in [3.8, 4) is 0 Å². The third-order valence-electron chi connectivity index (χ3n) is 4.61. The molecule has 1 atom stereocenters. The van der Waals surface area contributed by atoms with Crippen molar-refractivity contribution in [1.29, 1.82) is 0 Å². The Balaban J connectivity index is 1.69. The molecule has 0 spiro atoms. The van der Waals surface area contributed by atoms with Crippen LogP contribution in [-0.4, -0.2) is 33.5 Å². The average molecular weight is 313 g/mol. The van der Waals surface area contributed by atoms with Crippen LogP contribution in [0.2, 0.25) is 0 Å². The van der Waals surface area contributed by atoms with E-state index in [1.165, 1.54) is 5.56 Å². The number of amides is 1. The Morgan fingerprint density at radius 3 is 2.91 bits per heavy atom. The lowest BCUT2D eigenvalue weighted by Gasteiger charge is -2.24. The number of rotatable bonds is 4. The second-order valence-corrected chi connectivity index (χ2v) is 6.34. The van der Waals surface area contributed by atoms with Crippen molar-refractivity contribution >= 4 is 5.91 Å². The number of pyridine rings is 1. The van der Waals surface area contributed by atoms with Gasteiger partial charge in [-0.1, -0.05) is 5.16 Å². The molecule has 1 aliphatic rings. The van der Waals surface area contributed by atoms with Crippen molar-refractivity contribution in [3.05, 3.63) is 46.6 Å². The zero-order valence-corrected chi connectivity index (χ0v) is 14.0. The molecule has 1 saturated heterocycles. The predicted octanol–water partition coefficient (Wildman–Crippen LogP) is 3.23. The van der Waals surface area contributed by atoms with E-state index in [1.54, 1.807) is 6.92 Å². The van der Waals surface area contributed by atoms with Gasteiger partial charge >= 0.3 is 0 Å². The molecule has 0 saturated carbocycles. The maximum atomic E-state index is 12.8. The number of aromatic nitrogens is 2. The molecule has 1 fully saturated rings. The second kappa shape index (κ2) is 6.52. The average Bonchev–Trinajstić information content (AvgIpc) is 3.12. The van der Waals surface area contributed by atoms with Crippen molar-refractivity contribution in [1.82, 2.24) is 15.0 Å². The molecule has 1 aliphatic heterocycles. The van der Waals surface area contributed by atoms with Crippen molar-refractivity contribution in [3.63, 3.8) is 0 Å². The van der Waals surface area contributed by atoms with E-state index in [2.05, 4.69) is 22.3 Å². The smallest absolute Gasteiger partial charge is 0.259 e. The van der Waals surface area contributed by atoms with Crippen LogP contribution >= 0.6 is 0 Å². The molecular formula is C18H23N3O2. The van der Waals surface area contributed by atoms with E-state index in [4.69, 9.17) is 4.52 Å². The van der Waals surface area contributed by atoms with Crippen LogP contribution in [0.4, 0.5) is 0 Å². The fraction of sp³-hybridized carbons (Fsp3) is 0.500. The van der Waals surface area contributed by atoms with E-state index in [1.807, 2.05) is 24.9 Å². The van der Waals surface area contributed by atoms with Crippen molar-refractivity contribution in [2.24, 2.45) is 0 Å². The van der Waals surface area contributed by atoms with Crippen LogP contribution < -0.4 is 0 Å². The summed E-state index contributed by atoms with van der Waals surface area (Å²) in [6.07, 6.45) is 5.94. The molecule has 1 amide bonds. The Morgan fingerprint density at radius 1 is 1.39 bits per heavy atom. The van der Waals surface area contributed by atoms with Crippen LogP contribution in [0.3, 0.4) is 0 Å². The summed E-state index contributed by atoms with van der Waals surface area (Å²) >= 11 is 0. The third kappa shape index (κ3) is 3.28. The van der Waals surface area contributed by atoms with E-state index in [0.29, 0.717) is 23.1 Å². The van der Waals surface area contributed by atoms with Crippen molar-refractivity contribution in [2.45, 2.75) is 52.5 Å². The molecule has 0 bridgehead atoms. The normalized spacial score (nSPS) is 17.7. The first-order chi connectivity index (χ1) is 11.1. The summed E-state index contributed by atoms with van der Waals surface area (Å²) in [4.78, 5) is 19.1. The largest absolute Gasteiger partial charge is 0.361 e. The minimum atomic E-state index is 0.0645. The van der Waals surface area contributed by atoms with Crippen LogP contribution in [0, 0.1) is 20.8 Å². The lowest BCUT2D eigenvalue weighted by Crippen LogP contribution is -2.36. The number of carbonyl (C=O) groups is 1. The number of aryl methyl sites for hydroxylation is 4. The zero-order chi connectivity index (χ0) is 16.4. The van der Waals surface area contributed by atoms with E-state index in [9.17, 15) is 4.79 Å². The van der Waals surface area contributed by atoms with Crippen LogP contribution in [0.1, 0.15) is 52.3 Å². The lowest BCUT2D eigenvalue weighted by atomic mass is 10.0. The van der Waals surface area contributed by atoms with Crippen molar-refractivity contribution in [2.75, 3.05) is 6.54 Å². The molecule has 23 heavy (non-hydrogen) atoms. The molecule has 0 N–H and O–H groups in total. The number of likely N-dealkylation sites (tertiary alicyclic amines) is 1. The van der Waals surface area contributed by atoms with Gasteiger partial charge in [0.15, 0.2) is 0 Å². The van der Waals surface area contributed by atoms with Gasteiger partial charge in [0.05, 0.1) is 5.69 Å². The maximum absolute atomic E-state index is 12.8. The Kier molecular flexibility index (Phi) is 4.46. The number of hydrogen-bond donors (Lipinski definition) is 0. The summed E-state index contributed by atoms with van der Waals surface area (Å²) in [6.45, 7) is 6.46. The first-order valence-electron chi connectivity index (χ1n) is 8.21. The first kappa shape index (κ1) is 15.7. The van der Waals surface area contributed by atoms with Crippen LogP contribution in [0.5, 0.6) is 0 Å². The Morgan fingerprint density at radius 2 is 2.22 bits per heavy atom. The predicted molar refractivity (Wildman–Crippen MR) is 87.3 cm³/mol. The molecule has 2 aromatic rings. The molecule has 0 unspecified atom stereocenters. The molecular weight excluding hydrogens is 290 g/mol. The fourth-order valence-corrected chi connectivity index (χ4v) is 3.43. The minimum absolute atomic E-state index is 0.0645. The zero-order valence-electron chi connectivity index (χ0n) is 14.0. The Bertz CT molecular complexity index is 689. The van der Waals surface area contributed by atoms with Gasteiger partial charge in [-0.2, -0.15) is 0 Å². The Labute approximate surface area is 136 Å².